The van der Waals surface area contributed by atoms with E-state index in [2.05, 4.69) is 5.32 Å². The Balaban J connectivity index is 2.04. The molecule has 0 atom stereocenters. The third-order valence-electron chi connectivity index (χ3n) is 5.12. The summed E-state index contributed by atoms with van der Waals surface area (Å²) in [7, 11) is -1.58. The van der Waals surface area contributed by atoms with E-state index in [-0.39, 0.29) is 27.0 Å². The van der Waals surface area contributed by atoms with Crippen molar-refractivity contribution in [2.24, 2.45) is 0 Å². The van der Waals surface area contributed by atoms with Gasteiger partial charge in [-0.05, 0) is 49.4 Å². The molecule has 0 aliphatic carbocycles. The molecule has 1 amide bonds. The number of carbonyl (C=O) groups is 1. The van der Waals surface area contributed by atoms with Crippen molar-refractivity contribution in [2.75, 3.05) is 30.4 Å². The van der Waals surface area contributed by atoms with Crippen molar-refractivity contribution in [3.63, 3.8) is 0 Å². The monoisotopic (exact) mass is 542 g/mol. The van der Waals surface area contributed by atoms with E-state index in [4.69, 9.17) is 21.1 Å². The Morgan fingerprint density at radius 2 is 1.67 bits per heavy atom. The van der Waals surface area contributed by atoms with E-state index in [1.807, 2.05) is 0 Å². The fourth-order valence-electron chi connectivity index (χ4n) is 3.25. The number of carbonyl (C=O) groups excluding carboxylic acids is 1. The molecule has 36 heavy (non-hydrogen) atoms. The number of ether oxygens (including phenoxy) is 2. The lowest BCUT2D eigenvalue weighted by molar-refractivity contribution is -0.137. The summed E-state index contributed by atoms with van der Waals surface area (Å²) in [5, 5.41) is 2.13. The van der Waals surface area contributed by atoms with Gasteiger partial charge in [0, 0.05) is 6.07 Å². The topological polar surface area (TPSA) is 84.9 Å². The lowest BCUT2D eigenvalue weighted by atomic mass is 10.2. The van der Waals surface area contributed by atoms with Gasteiger partial charge in [-0.2, -0.15) is 13.2 Å². The van der Waals surface area contributed by atoms with E-state index in [1.54, 1.807) is 19.1 Å². The molecule has 1 N–H and O–H groups in total. The second kappa shape index (κ2) is 10.7. The van der Waals surface area contributed by atoms with Gasteiger partial charge in [-0.25, -0.2) is 8.42 Å². The number of hydrogen-bond donors (Lipinski definition) is 1. The molecule has 3 aromatic carbocycles. The molecule has 0 saturated carbocycles. The van der Waals surface area contributed by atoms with Crippen LogP contribution in [0.15, 0.2) is 65.6 Å². The average molecular weight is 543 g/mol. The first-order valence-electron chi connectivity index (χ1n) is 10.3. The summed E-state index contributed by atoms with van der Waals surface area (Å²) in [6.07, 6.45) is -4.67. The number of rotatable bonds is 8. The third kappa shape index (κ3) is 6.03. The van der Waals surface area contributed by atoms with Gasteiger partial charge in [-0.3, -0.25) is 9.10 Å². The zero-order valence-electron chi connectivity index (χ0n) is 19.4. The van der Waals surface area contributed by atoms with Crippen molar-refractivity contribution in [2.45, 2.75) is 18.0 Å². The highest BCUT2D eigenvalue weighted by Crippen LogP contribution is 2.36. The van der Waals surface area contributed by atoms with Gasteiger partial charge in [0.25, 0.3) is 10.0 Å². The van der Waals surface area contributed by atoms with Gasteiger partial charge in [-0.1, -0.05) is 29.3 Å². The summed E-state index contributed by atoms with van der Waals surface area (Å²) in [4.78, 5) is 12.8. The number of hydrogen-bond acceptors (Lipinski definition) is 5. The summed E-state index contributed by atoms with van der Waals surface area (Å²) in [5.41, 5.74) is -0.502. The lowest BCUT2D eigenvalue weighted by Gasteiger charge is -2.26. The first-order valence-corrected chi connectivity index (χ1v) is 12.2. The van der Waals surface area contributed by atoms with Crippen LogP contribution in [-0.4, -0.2) is 35.1 Å². The summed E-state index contributed by atoms with van der Waals surface area (Å²) in [6, 6.07) is 12.7. The van der Waals surface area contributed by atoms with E-state index >= 15 is 0 Å². The molecule has 0 spiro atoms. The fourth-order valence-corrected chi connectivity index (χ4v) is 4.84. The Kier molecular flexibility index (Phi) is 8.05. The van der Waals surface area contributed by atoms with E-state index < -0.39 is 34.2 Å². The lowest BCUT2D eigenvalue weighted by Crippen LogP contribution is -2.38. The Hall–Kier alpha value is -3.44. The maximum Gasteiger partial charge on any atom is 0.416 e. The van der Waals surface area contributed by atoms with Crippen LogP contribution in [0.3, 0.4) is 0 Å². The average Bonchev–Trinajstić information content (AvgIpc) is 2.83. The SMILES string of the molecule is COc1ccc(N(CC(=O)Nc2cc(C(F)(F)F)ccc2Cl)S(=O)(=O)c2ccc(C)cc2)c(OC)c1. The third-order valence-corrected chi connectivity index (χ3v) is 7.22. The number of amides is 1. The minimum atomic E-state index is -4.67. The molecule has 0 aliphatic rings. The smallest absolute Gasteiger partial charge is 0.416 e. The van der Waals surface area contributed by atoms with Gasteiger partial charge in [0.2, 0.25) is 5.91 Å². The van der Waals surface area contributed by atoms with Crippen LogP contribution in [0.5, 0.6) is 11.5 Å². The normalized spacial score (nSPS) is 11.6. The molecule has 0 radical (unpaired) electrons. The molecule has 0 saturated heterocycles. The first-order chi connectivity index (χ1) is 16.9. The first kappa shape index (κ1) is 27.2. The van der Waals surface area contributed by atoms with Crippen molar-refractivity contribution >= 4 is 38.9 Å². The largest absolute Gasteiger partial charge is 0.497 e. The molecule has 3 aromatic rings. The number of benzene rings is 3. The van der Waals surface area contributed by atoms with E-state index in [1.165, 1.54) is 44.6 Å². The molecule has 7 nitrogen and oxygen atoms in total. The van der Waals surface area contributed by atoms with Crippen LogP contribution in [0, 0.1) is 6.92 Å². The standard InChI is InChI=1S/C24H22ClF3N2O5S/c1-15-4-8-18(9-5-15)36(32,33)30(21-11-7-17(34-2)13-22(21)35-3)14-23(31)29-20-12-16(24(26,27)28)6-10-19(20)25/h4-13H,14H2,1-3H3,(H,29,31). The molecule has 0 fully saturated rings. The Bertz CT molecular complexity index is 1360. The van der Waals surface area contributed by atoms with Crippen molar-refractivity contribution in [1.29, 1.82) is 0 Å². The Morgan fingerprint density at radius 1 is 1.00 bits per heavy atom. The maximum atomic E-state index is 13.6. The van der Waals surface area contributed by atoms with E-state index in [0.29, 0.717) is 11.8 Å². The van der Waals surface area contributed by atoms with Crippen molar-refractivity contribution in [3.05, 3.63) is 76.8 Å². The molecule has 0 bridgehead atoms. The molecule has 0 heterocycles. The van der Waals surface area contributed by atoms with Crippen LogP contribution in [-0.2, 0) is 21.0 Å². The van der Waals surface area contributed by atoms with Crippen LogP contribution < -0.4 is 19.1 Å². The number of nitrogens with one attached hydrogen (secondary N) is 1. The molecule has 3 rings (SSSR count). The van der Waals surface area contributed by atoms with Gasteiger partial charge in [0.05, 0.1) is 41.1 Å². The van der Waals surface area contributed by atoms with E-state index in [0.717, 1.165) is 22.0 Å². The number of methoxy groups -OCH3 is 2. The summed E-state index contributed by atoms with van der Waals surface area (Å²) in [5.74, 6) is -0.455. The number of anilines is 2. The second-order valence-corrected chi connectivity index (χ2v) is 9.87. The Labute approximate surface area is 211 Å². The Morgan fingerprint density at radius 3 is 2.25 bits per heavy atom. The summed E-state index contributed by atoms with van der Waals surface area (Å²) < 4.78 is 77.8. The molecule has 12 heteroatoms. The minimum Gasteiger partial charge on any atom is -0.497 e. The van der Waals surface area contributed by atoms with E-state index in [9.17, 15) is 26.4 Å². The van der Waals surface area contributed by atoms with Gasteiger partial charge in [0.15, 0.2) is 0 Å². The van der Waals surface area contributed by atoms with Crippen LogP contribution in [0.2, 0.25) is 5.02 Å². The van der Waals surface area contributed by atoms with Crippen LogP contribution in [0.1, 0.15) is 11.1 Å². The van der Waals surface area contributed by atoms with Crippen LogP contribution in [0.25, 0.3) is 0 Å². The highest BCUT2D eigenvalue weighted by molar-refractivity contribution is 7.92. The van der Waals surface area contributed by atoms with Crippen LogP contribution in [0.4, 0.5) is 24.5 Å². The van der Waals surface area contributed by atoms with Gasteiger partial charge >= 0.3 is 6.18 Å². The number of aryl methyl sites for hydroxylation is 1. The number of halogens is 4. The van der Waals surface area contributed by atoms with Gasteiger partial charge in [-0.15, -0.1) is 0 Å². The molecule has 192 valence electrons. The predicted octanol–water partition coefficient (Wildman–Crippen LogP) is 5.52. The van der Waals surface area contributed by atoms with Crippen molar-refractivity contribution in [3.8, 4) is 11.5 Å². The summed E-state index contributed by atoms with van der Waals surface area (Å²) >= 11 is 5.98. The van der Waals surface area contributed by atoms with Crippen LogP contribution >= 0.6 is 11.6 Å². The quantitative estimate of drug-likeness (QED) is 0.405. The minimum absolute atomic E-state index is 0.0177. The van der Waals surface area contributed by atoms with Crippen molar-refractivity contribution in [1.82, 2.24) is 0 Å². The van der Waals surface area contributed by atoms with Gasteiger partial charge in [0.1, 0.15) is 18.0 Å². The van der Waals surface area contributed by atoms with Gasteiger partial charge < -0.3 is 14.8 Å². The molecule has 0 unspecified atom stereocenters. The molecular formula is C24H22ClF3N2O5S. The zero-order chi connectivity index (χ0) is 26.7. The highest BCUT2D eigenvalue weighted by atomic mass is 35.5. The fraction of sp³-hybridized carbons (Fsp3) is 0.208. The highest BCUT2D eigenvalue weighted by Gasteiger charge is 2.32. The number of nitrogens with zero attached hydrogens (tertiary/aromatic N) is 1. The number of sulfonamides is 1. The number of alkyl halides is 3. The van der Waals surface area contributed by atoms with Crippen molar-refractivity contribution < 1.29 is 35.9 Å². The second-order valence-electron chi connectivity index (χ2n) is 7.60. The maximum absolute atomic E-state index is 13.6. The molecule has 0 aromatic heterocycles. The zero-order valence-corrected chi connectivity index (χ0v) is 21.0. The predicted molar refractivity (Wildman–Crippen MR) is 130 cm³/mol. The molecular weight excluding hydrogens is 521 g/mol. The molecule has 0 aliphatic heterocycles. The summed E-state index contributed by atoms with van der Waals surface area (Å²) in [6.45, 7) is 0.998.